The molecule has 5 N–H and O–H groups in total. The Bertz CT molecular complexity index is 2070. The van der Waals surface area contributed by atoms with Crippen molar-refractivity contribution in [1.82, 2.24) is 19.9 Å². The van der Waals surface area contributed by atoms with E-state index in [9.17, 15) is 14.7 Å². The van der Waals surface area contributed by atoms with E-state index in [0.29, 0.717) is 25.7 Å². The van der Waals surface area contributed by atoms with Gasteiger partial charge in [-0.2, -0.15) is 0 Å². The molecular weight excluding hydrogens is 560 g/mol. The number of carbonyl (C=O) groups excluding carboxylic acids is 1. The number of carboxylic acid groups (broad SMARTS) is 1. The van der Waals surface area contributed by atoms with E-state index in [1.807, 2.05) is 19.1 Å². The fourth-order valence-electron chi connectivity index (χ4n) is 6.46. The molecule has 1 aliphatic rings. The van der Waals surface area contributed by atoms with Crippen LogP contribution in [0, 0.1) is 27.7 Å². The second kappa shape index (κ2) is 13.1. The minimum atomic E-state index is -0.835. The van der Waals surface area contributed by atoms with E-state index in [-0.39, 0.29) is 12.2 Å². The molecule has 0 spiro atoms. The summed E-state index contributed by atoms with van der Waals surface area (Å²) in [5, 5.41) is 13.2. The van der Waals surface area contributed by atoms with Crippen molar-refractivity contribution < 1.29 is 14.7 Å². The second-order valence-corrected chi connectivity index (χ2v) is 12.1. The van der Waals surface area contributed by atoms with Crippen molar-refractivity contribution in [3.05, 3.63) is 102 Å². The molecule has 0 fully saturated rings. The van der Waals surface area contributed by atoms with Crippen LogP contribution >= 0.6 is 0 Å². The smallest absolute Gasteiger partial charge is 0.303 e. The van der Waals surface area contributed by atoms with Gasteiger partial charge in [-0.15, -0.1) is 0 Å². The van der Waals surface area contributed by atoms with Crippen molar-refractivity contribution in [3.8, 4) is 0 Å². The van der Waals surface area contributed by atoms with Crippen molar-refractivity contribution in [2.45, 2.75) is 79.6 Å². The lowest BCUT2D eigenvalue weighted by atomic mass is 10.00. The van der Waals surface area contributed by atoms with E-state index in [2.05, 4.69) is 85.1 Å². The number of aromatic nitrogens is 4. The predicted octanol–water partition coefficient (Wildman–Crippen LogP) is 4.86. The Morgan fingerprint density at radius 3 is 1.91 bits per heavy atom. The van der Waals surface area contributed by atoms with Crippen LogP contribution in [0.25, 0.3) is 36.5 Å². The average Bonchev–Trinajstić information content (AvgIpc) is 3.66. The van der Waals surface area contributed by atoms with Crippen LogP contribution in [0.2, 0.25) is 0 Å². The molecule has 7 heteroatoms. The first-order valence-electron chi connectivity index (χ1n) is 15.8. The molecule has 0 amide bonds. The van der Waals surface area contributed by atoms with Gasteiger partial charge in [-0.25, -0.2) is 0 Å². The summed E-state index contributed by atoms with van der Waals surface area (Å²) in [7, 11) is 0. The summed E-state index contributed by atoms with van der Waals surface area (Å²) >= 11 is 0. The third kappa shape index (κ3) is 6.25. The van der Waals surface area contributed by atoms with Crippen molar-refractivity contribution in [2.24, 2.45) is 0 Å². The first-order valence-corrected chi connectivity index (χ1v) is 15.8. The molecule has 0 atom stereocenters. The van der Waals surface area contributed by atoms with Gasteiger partial charge in [-0.3, -0.25) is 9.59 Å². The van der Waals surface area contributed by atoms with Crippen LogP contribution in [0.5, 0.6) is 0 Å². The van der Waals surface area contributed by atoms with Crippen LogP contribution in [-0.2, 0) is 22.4 Å². The molecular formula is C38H44N4O3. The van der Waals surface area contributed by atoms with Crippen molar-refractivity contribution in [2.75, 3.05) is 0 Å². The lowest BCUT2D eigenvalue weighted by molar-refractivity contribution is -0.137. The summed E-state index contributed by atoms with van der Waals surface area (Å²) in [6, 6.07) is 0. The maximum absolute atomic E-state index is 12.7. The number of Topliss-reactive ketones (excluding diaryl/α,β-unsaturated/α-hetero) is 1. The monoisotopic (exact) mass is 604 g/mol. The summed E-state index contributed by atoms with van der Waals surface area (Å²) in [6.45, 7) is 18.6. The van der Waals surface area contributed by atoms with Crippen LogP contribution in [0.4, 0.5) is 0 Å². The van der Waals surface area contributed by atoms with Crippen LogP contribution in [0.3, 0.4) is 0 Å². The number of aromatic amines is 4. The van der Waals surface area contributed by atoms with Gasteiger partial charge in [0.1, 0.15) is 5.78 Å². The number of ketones is 1. The van der Waals surface area contributed by atoms with E-state index in [1.54, 1.807) is 0 Å². The zero-order valence-corrected chi connectivity index (χ0v) is 27.1. The molecule has 0 saturated heterocycles. The first kappa shape index (κ1) is 31.6. The maximum atomic E-state index is 12.7. The topological polar surface area (TPSA) is 118 Å². The Kier molecular flexibility index (Phi) is 9.19. The molecule has 45 heavy (non-hydrogen) atoms. The molecule has 0 aromatic carbocycles. The number of hydrogen-bond donors (Lipinski definition) is 5. The van der Waals surface area contributed by atoms with E-state index < -0.39 is 5.97 Å². The Morgan fingerprint density at radius 1 is 0.644 bits per heavy atom. The fourth-order valence-corrected chi connectivity index (χ4v) is 6.46. The zero-order chi connectivity index (χ0) is 32.4. The van der Waals surface area contributed by atoms with Gasteiger partial charge in [0.25, 0.3) is 0 Å². The summed E-state index contributed by atoms with van der Waals surface area (Å²) in [5.74, 6) is -0.561. The number of carbonyl (C=O) groups is 2. The summed E-state index contributed by atoms with van der Waals surface area (Å²) in [4.78, 5) is 38.9. The summed E-state index contributed by atoms with van der Waals surface area (Å²) in [6.07, 6.45) is 16.2. The van der Waals surface area contributed by atoms with Gasteiger partial charge in [-0.05, 0) is 105 Å². The molecule has 5 rings (SSSR count). The van der Waals surface area contributed by atoms with E-state index >= 15 is 0 Å². The average molecular weight is 605 g/mol. The number of unbranched alkanes of at least 4 members (excludes halogenated alkanes) is 1. The number of fused-ring (bicyclic) bond motifs is 8. The van der Waals surface area contributed by atoms with Gasteiger partial charge in [-0.1, -0.05) is 38.7 Å². The Labute approximate surface area is 263 Å². The number of rotatable bonds is 11. The van der Waals surface area contributed by atoms with Gasteiger partial charge in [0, 0.05) is 74.6 Å². The van der Waals surface area contributed by atoms with Gasteiger partial charge in [0.15, 0.2) is 0 Å². The molecule has 4 aromatic rings. The lowest BCUT2D eigenvalue weighted by Crippen LogP contribution is -2.14. The molecule has 0 radical (unpaired) electrons. The Morgan fingerprint density at radius 2 is 1.22 bits per heavy atom. The lowest BCUT2D eigenvalue weighted by Gasteiger charge is -2.04. The van der Waals surface area contributed by atoms with Crippen LogP contribution in [0.15, 0.2) is 13.2 Å². The highest BCUT2D eigenvalue weighted by Crippen LogP contribution is 2.24. The van der Waals surface area contributed by atoms with Crippen LogP contribution < -0.4 is 21.4 Å². The van der Waals surface area contributed by atoms with Crippen molar-refractivity contribution in [1.29, 1.82) is 0 Å². The highest BCUT2D eigenvalue weighted by atomic mass is 16.4. The van der Waals surface area contributed by atoms with Gasteiger partial charge in [0.05, 0.1) is 0 Å². The van der Waals surface area contributed by atoms with Crippen LogP contribution in [0.1, 0.15) is 106 Å². The molecule has 4 aromatic heterocycles. The predicted molar refractivity (Wildman–Crippen MR) is 184 cm³/mol. The zero-order valence-electron chi connectivity index (χ0n) is 27.1. The highest BCUT2D eigenvalue weighted by molar-refractivity contribution is 5.79. The number of nitrogens with one attached hydrogen (secondary N) is 4. The molecule has 234 valence electrons. The van der Waals surface area contributed by atoms with Gasteiger partial charge < -0.3 is 25.0 Å². The molecule has 1 aliphatic heterocycles. The van der Waals surface area contributed by atoms with Gasteiger partial charge in [0.2, 0.25) is 0 Å². The fraction of sp³-hybridized carbons (Fsp3) is 0.316. The van der Waals surface area contributed by atoms with E-state index in [1.165, 1.54) is 0 Å². The molecule has 0 unspecified atom stereocenters. The largest absolute Gasteiger partial charge is 0.481 e. The van der Waals surface area contributed by atoms with Crippen molar-refractivity contribution in [3.63, 3.8) is 0 Å². The van der Waals surface area contributed by atoms with Crippen molar-refractivity contribution >= 4 is 48.2 Å². The highest BCUT2D eigenvalue weighted by Gasteiger charge is 2.17. The number of H-pyrrole nitrogens is 4. The molecule has 8 bridgehead atoms. The second-order valence-electron chi connectivity index (χ2n) is 12.1. The maximum Gasteiger partial charge on any atom is 0.303 e. The third-order valence-corrected chi connectivity index (χ3v) is 9.25. The minimum absolute atomic E-state index is 0.0268. The first-order chi connectivity index (χ1) is 21.6. The quantitative estimate of drug-likeness (QED) is 0.148. The Hall–Kier alpha value is -4.78. The minimum Gasteiger partial charge on any atom is -0.481 e. The summed E-state index contributed by atoms with van der Waals surface area (Å²) in [5.41, 5.74) is 12.1. The molecule has 5 heterocycles. The SMILES string of the molecule is C=Cc1c2[nH]c(c1C)C=c1[nH]c(c(C)c1C=C)=Cc1[nH]c(c(CCC(=O)CCCC)c1C)C=c1[nH]c(c(C)c1CCC(=O)O)=C2. The Balaban J connectivity index is 1.84. The normalized spacial score (nSPS) is 12.1. The summed E-state index contributed by atoms with van der Waals surface area (Å²) < 4.78 is 0. The van der Waals surface area contributed by atoms with Crippen LogP contribution in [-0.4, -0.2) is 36.8 Å². The number of hydrogen-bond acceptors (Lipinski definition) is 2. The molecule has 7 nitrogen and oxygen atoms in total. The van der Waals surface area contributed by atoms with E-state index in [4.69, 9.17) is 0 Å². The van der Waals surface area contributed by atoms with E-state index in [0.717, 1.165) is 102 Å². The molecule has 0 saturated carbocycles. The third-order valence-electron chi connectivity index (χ3n) is 9.25. The van der Waals surface area contributed by atoms with Gasteiger partial charge >= 0.3 is 5.97 Å². The standard InChI is InChI=1S/C38H44N4O3/c1-8-11-12-25(43)13-14-28-23(6)31-17-30-21(4)26(9-2)34(39-30)18-32-22(5)27(10-3)35(40-32)19-33-24(7)29(15-16-38(44)45)37(42-33)20-36(28)41-31/h9-10,17-20,39-42H,2-3,8,11-16H2,1,4-7H3,(H,44,45). The molecule has 0 aliphatic carbocycles. The number of carboxylic acids is 1. The number of aliphatic carboxylic acids is 1.